The molecule has 66 valence electrons. The summed E-state index contributed by atoms with van der Waals surface area (Å²) in [6.45, 7) is 3.23. The highest BCUT2D eigenvalue weighted by molar-refractivity contribution is 6.36. The maximum absolute atomic E-state index is 5.03. The second kappa shape index (κ2) is 8.20. The lowest BCUT2D eigenvalue weighted by atomic mass is 10.5. The van der Waals surface area contributed by atoms with E-state index in [1.54, 1.807) is 14.2 Å². The topological polar surface area (TPSA) is 30.5 Å². The van der Waals surface area contributed by atoms with E-state index in [2.05, 4.69) is 12.2 Å². The maximum atomic E-state index is 5.03. The molecule has 0 atom stereocenters. The Kier molecular flexibility index (Phi) is 8.27. The predicted octanol–water partition coefficient (Wildman–Crippen LogP) is 0.224. The van der Waals surface area contributed by atoms with Gasteiger partial charge < -0.3 is 14.8 Å². The molecule has 0 aliphatic rings. The molecule has 0 heterocycles. The first kappa shape index (κ1) is 11.1. The summed E-state index contributed by atoms with van der Waals surface area (Å²) in [6, 6.07) is 0. The van der Waals surface area contributed by atoms with Crippen LogP contribution in [0.25, 0.3) is 0 Å². The van der Waals surface area contributed by atoms with E-state index in [1.165, 1.54) is 6.42 Å². The van der Waals surface area contributed by atoms with Crippen molar-refractivity contribution in [1.82, 2.24) is 5.32 Å². The standard InChI is InChI=1S/C7H17NO2Si/c1-4-5-8-6-11-7(9-2)10-3/h7-8H,4-6H2,1-3H3. The van der Waals surface area contributed by atoms with Crippen molar-refractivity contribution in [3.63, 3.8) is 0 Å². The van der Waals surface area contributed by atoms with Crippen LogP contribution in [-0.4, -0.2) is 42.4 Å². The van der Waals surface area contributed by atoms with E-state index in [-0.39, 0.29) is 5.91 Å². The third-order valence-electron chi connectivity index (χ3n) is 1.25. The minimum atomic E-state index is -0.0284. The molecule has 0 bridgehead atoms. The molecule has 0 aromatic carbocycles. The van der Waals surface area contributed by atoms with Crippen molar-refractivity contribution < 1.29 is 9.47 Å². The molecule has 0 fully saturated rings. The SMILES string of the molecule is CCCNC[Si]C(OC)OC. The molecule has 0 amide bonds. The van der Waals surface area contributed by atoms with Crippen LogP contribution in [0.1, 0.15) is 13.3 Å². The van der Waals surface area contributed by atoms with Gasteiger partial charge in [0, 0.05) is 14.2 Å². The zero-order chi connectivity index (χ0) is 8.53. The minimum Gasteiger partial charge on any atom is -0.360 e. The van der Waals surface area contributed by atoms with E-state index >= 15 is 0 Å². The molecule has 0 spiro atoms. The Morgan fingerprint density at radius 1 is 1.36 bits per heavy atom. The van der Waals surface area contributed by atoms with E-state index in [9.17, 15) is 0 Å². The molecule has 0 unspecified atom stereocenters. The second-order valence-corrected chi connectivity index (χ2v) is 3.42. The molecule has 11 heavy (non-hydrogen) atoms. The number of hydrogen-bond acceptors (Lipinski definition) is 3. The third kappa shape index (κ3) is 6.49. The van der Waals surface area contributed by atoms with Gasteiger partial charge in [-0.2, -0.15) is 0 Å². The largest absolute Gasteiger partial charge is 0.360 e. The van der Waals surface area contributed by atoms with Crippen molar-refractivity contribution in [3.05, 3.63) is 0 Å². The van der Waals surface area contributed by atoms with Crippen LogP contribution in [0.2, 0.25) is 0 Å². The van der Waals surface area contributed by atoms with Crippen molar-refractivity contribution in [1.29, 1.82) is 0 Å². The first-order chi connectivity index (χ1) is 5.35. The summed E-state index contributed by atoms with van der Waals surface area (Å²) in [7, 11) is 4.01. The number of hydrogen-bond donors (Lipinski definition) is 1. The summed E-state index contributed by atoms with van der Waals surface area (Å²) in [5.74, 6) is -0.0284. The average molecular weight is 175 g/mol. The molecular weight excluding hydrogens is 158 g/mol. The third-order valence-corrected chi connectivity index (χ3v) is 2.51. The molecule has 2 radical (unpaired) electrons. The lowest BCUT2D eigenvalue weighted by Gasteiger charge is -2.11. The Labute approximate surface area is 71.3 Å². The van der Waals surface area contributed by atoms with Crippen LogP contribution in [0.5, 0.6) is 0 Å². The zero-order valence-corrected chi connectivity index (χ0v) is 8.52. The number of rotatable bonds is 7. The summed E-state index contributed by atoms with van der Waals surface area (Å²) in [5.41, 5.74) is 0. The number of methoxy groups -OCH3 is 2. The summed E-state index contributed by atoms with van der Waals surface area (Å²) in [5, 5.41) is 3.29. The normalized spacial score (nSPS) is 10.9. The van der Waals surface area contributed by atoms with Crippen LogP contribution in [0.4, 0.5) is 0 Å². The lowest BCUT2D eigenvalue weighted by Crippen LogP contribution is -2.31. The maximum Gasteiger partial charge on any atom is 0.137 e. The fraction of sp³-hybridized carbons (Fsp3) is 1.00. The Hall–Kier alpha value is 0.0969. The van der Waals surface area contributed by atoms with Crippen molar-refractivity contribution in [2.45, 2.75) is 19.3 Å². The van der Waals surface area contributed by atoms with E-state index < -0.39 is 0 Å². The van der Waals surface area contributed by atoms with Crippen molar-refractivity contribution in [3.8, 4) is 0 Å². The zero-order valence-electron chi connectivity index (χ0n) is 7.52. The Bertz CT molecular complexity index is 78.8. The summed E-state index contributed by atoms with van der Waals surface area (Å²) in [4.78, 5) is 0. The van der Waals surface area contributed by atoms with E-state index in [0.717, 1.165) is 12.7 Å². The minimum absolute atomic E-state index is 0.0284. The second-order valence-electron chi connectivity index (χ2n) is 2.18. The summed E-state index contributed by atoms with van der Waals surface area (Å²) < 4.78 is 10.1. The van der Waals surface area contributed by atoms with Gasteiger partial charge in [0.2, 0.25) is 0 Å². The van der Waals surface area contributed by atoms with Crippen molar-refractivity contribution in [2.75, 3.05) is 26.9 Å². The van der Waals surface area contributed by atoms with Crippen LogP contribution < -0.4 is 5.32 Å². The molecule has 0 rings (SSSR count). The van der Waals surface area contributed by atoms with Gasteiger partial charge in [-0.25, -0.2) is 0 Å². The highest BCUT2D eigenvalue weighted by Crippen LogP contribution is 1.85. The van der Waals surface area contributed by atoms with Crippen LogP contribution in [-0.2, 0) is 9.47 Å². The molecule has 0 aliphatic carbocycles. The van der Waals surface area contributed by atoms with Gasteiger partial charge in [-0.05, 0) is 19.1 Å². The van der Waals surface area contributed by atoms with E-state index in [1.807, 2.05) is 0 Å². The molecule has 4 heteroatoms. The number of ether oxygens (including phenoxy) is 2. The summed E-state index contributed by atoms with van der Waals surface area (Å²) in [6.07, 6.45) is 2.16. The molecule has 0 saturated heterocycles. The first-order valence-electron chi connectivity index (χ1n) is 3.84. The Balaban J connectivity index is 3.07. The average Bonchev–Trinajstić information content (AvgIpc) is 2.05. The molecule has 3 nitrogen and oxygen atoms in total. The van der Waals surface area contributed by atoms with Gasteiger partial charge in [-0.15, -0.1) is 0 Å². The monoisotopic (exact) mass is 175 g/mol. The Morgan fingerprint density at radius 2 is 2.00 bits per heavy atom. The number of nitrogens with one attached hydrogen (secondary N) is 1. The molecule has 0 saturated carbocycles. The molecule has 1 N–H and O–H groups in total. The van der Waals surface area contributed by atoms with Gasteiger partial charge in [-0.1, -0.05) is 6.92 Å². The van der Waals surface area contributed by atoms with Gasteiger partial charge in [0.1, 0.15) is 15.4 Å². The smallest absolute Gasteiger partial charge is 0.137 e. The Morgan fingerprint density at radius 3 is 2.45 bits per heavy atom. The van der Waals surface area contributed by atoms with E-state index in [4.69, 9.17) is 9.47 Å². The van der Waals surface area contributed by atoms with Gasteiger partial charge in [0.05, 0.1) is 0 Å². The van der Waals surface area contributed by atoms with Crippen LogP contribution in [0, 0.1) is 0 Å². The fourth-order valence-corrected chi connectivity index (χ4v) is 1.50. The van der Waals surface area contributed by atoms with Crippen molar-refractivity contribution in [2.24, 2.45) is 0 Å². The predicted molar refractivity (Wildman–Crippen MR) is 46.7 cm³/mol. The molecule has 0 aromatic heterocycles. The van der Waals surface area contributed by atoms with Crippen molar-refractivity contribution >= 4 is 9.52 Å². The van der Waals surface area contributed by atoms with E-state index in [0.29, 0.717) is 9.52 Å². The van der Waals surface area contributed by atoms with Crippen LogP contribution in [0.15, 0.2) is 0 Å². The molecule has 0 aromatic rings. The molecular formula is C7H17NO2Si. The van der Waals surface area contributed by atoms with Crippen LogP contribution >= 0.6 is 0 Å². The highest BCUT2D eigenvalue weighted by atomic mass is 28.2. The lowest BCUT2D eigenvalue weighted by molar-refractivity contribution is -0.0441. The highest BCUT2D eigenvalue weighted by Gasteiger charge is 2.04. The summed E-state index contributed by atoms with van der Waals surface area (Å²) >= 11 is 0. The van der Waals surface area contributed by atoms with Gasteiger partial charge in [0.25, 0.3) is 0 Å². The molecule has 0 aliphatic heterocycles. The fourth-order valence-electron chi connectivity index (χ4n) is 0.684. The van der Waals surface area contributed by atoms with Gasteiger partial charge in [0.15, 0.2) is 0 Å². The quantitative estimate of drug-likeness (QED) is 0.341. The van der Waals surface area contributed by atoms with Gasteiger partial charge >= 0.3 is 0 Å². The van der Waals surface area contributed by atoms with Gasteiger partial charge in [-0.3, -0.25) is 0 Å². The first-order valence-corrected chi connectivity index (χ1v) is 5.13. The van der Waals surface area contributed by atoms with Crippen LogP contribution in [0.3, 0.4) is 0 Å².